The zero-order chi connectivity index (χ0) is 19.9. The second-order valence-corrected chi connectivity index (χ2v) is 5.99. The molecule has 7 nitrogen and oxygen atoms in total. The first-order valence-corrected chi connectivity index (χ1v) is 8.71. The van der Waals surface area contributed by atoms with Gasteiger partial charge >= 0.3 is 0 Å². The molecule has 28 heavy (non-hydrogen) atoms. The smallest absolute Gasteiger partial charge is 0.262 e. The van der Waals surface area contributed by atoms with E-state index in [9.17, 15) is 9.59 Å². The first kappa shape index (κ1) is 18.9. The Morgan fingerprint density at radius 1 is 1.21 bits per heavy atom. The minimum absolute atomic E-state index is 0.170. The van der Waals surface area contributed by atoms with Gasteiger partial charge in [0.15, 0.2) is 6.61 Å². The molecule has 3 aromatic rings. The van der Waals surface area contributed by atoms with Crippen LogP contribution in [0.3, 0.4) is 0 Å². The predicted molar refractivity (Wildman–Crippen MR) is 105 cm³/mol. The Morgan fingerprint density at radius 3 is 2.71 bits per heavy atom. The average Bonchev–Trinajstić information content (AvgIpc) is 2.72. The Kier molecular flexibility index (Phi) is 5.82. The van der Waals surface area contributed by atoms with Crippen molar-refractivity contribution in [2.24, 2.45) is 0 Å². The lowest BCUT2D eigenvalue weighted by atomic mass is 10.1. The highest BCUT2D eigenvalue weighted by molar-refractivity contribution is 5.92. The van der Waals surface area contributed by atoms with Gasteiger partial charge in [0.05, 0.1) is 11.6 Å². The lowest BCUT2D eigenvalue weighted by Gasteiger charge is -2.09. The molecule has 0 atom stereocenters. The molecule has 1 amide bonds. The Labute approximate surface area is 161 Å². The highest BCUT2D eigenvalue weighted by atomic mass is 16.5. The fraction of sp³-hybridized carbons (Fsp3) is 0.143. The zero-order valence-electron chi connectivity index (χ0n) is 15.2. The molecule has 2 N–H and O–H groups in total. The van der Waals surface area contributed by atoms with Crippen molar-refractivity contribution in [3.8, 4) is 23.2 Å². The topological polar surface area (TPSA) is 108 Å². The average molecular weight is 374 g/mol. The van der Waals surface area contributed by atoms with E-state index in [0.717, 1.165) is 0 Å². The van der Waals surface area contributed by atoms with Crippen molar-refractivity contribution >= 4 is 11.6 Å². The highest BCUT2D eigenvalue weighted by Crippen LogP contribution is 2.19. The molecule has 0 spiro atoms. The Hall–Kier alpha value is -3.92. The van der Waals surface area contributed by atoms with Gasteiger partial charge in [-0.2, -0.15) is 5.26 Å². The highest BCUT2D eigenvalue weighted by Gasteiger charge is 2.07. The van der Waals surface area contributed by atoms with Crippen LogP contribution in [0.25, 0.3) is 11.4 Å². The summed E-state index contributed by atoms with van der Waals surface area (Å²) in [6, 6.07) is 17.0. The lowest BCUT2D eigenvalue weighted by molar-refractivity contribution is -0.118. The number of hydrogen-bond donors (Lipinski definition) is 2. The van der Waals surface area contributed by atoms with Crippen LogP contribution in [0.5, 0.6) is 5.75 Å². The minimum Gasteiger partial charge on any atom is -0.484 e. The van der Waals surface area contributed by atoms with E-state index in [-0.39, 0.29) is 18.1 Å². The molecule has 0 saturated heterocycles. The van der Waals surface area contributed by atoms with E-state index in [0.29, 0.717) is 40.5 Å². The summed E-state index contributed by atoms with van der Waals surface area (Å²) in [4.78, 5) is 31.0. The van der Waals surface area contributed by atoms with Crippen LogP contribution in [0.15, 0.2) is 59.4 Å². The molecule has 0 aliphatic heterocycles. The lowest BCUT2D eigenvalue weighted by Crippen LogP contribution is -2.20. The molecular formula is C21H18N4O3. The number of amides is 1. The van der Waals surface area contributed by atoms with Crippen molar-refractivity contribution in [3.05, 3.63) is 76.2 Å². The van der Waals surface area contributed by atoms with Crippen LogP contribution in [-0.2, 0) is 11.2 Å². The first-order chi connectivity index (χ1) is 13.6. The van der Waals surface area contributed by atoms with Gasteiger partial charge in [-0.25, -0.2) is 4.98 Å². The van der Waals surface area contributed by atoms with E-state index >= 15 is 0 Å². The van der Waals surface area contributed by atoms with Gasteiger partial charge in [0, 0.05) is 23.0 Å². The maximum Gasteiger partial charge on any atom is 0.262 e. The van der Waals surface area contributed by atoms with Crippen LogP contribution >= 0.6 is 0 Å². The van der Waals surface area contributed by atoms with Crippen LogP contribution in [-0.4, -0.2) is 22.5 Å². The molecule has 0 fully saturated rings. The number of nitrogens with zero attached hydrogens (tertiary/aromatic N) is 2. The standard InChI is InChI=1S/C21H18N4O3/c1-2-16-11-19(26)25-21(24-16)15-4-3-5-17(10-15)23-20(27)13-28-18-8-6-14(12-22)7-9-18/h3-11H,2,13H2,1H3,(H,23,27)(H,24,25,26). The van der Waals surface area contributed by atoms with E-state index in [1.165, 1.54) is 6.07 Å². The summed E-state index contributed by atoms with van der Waals surface area (Å²) in [5, 5.41) is 11.5. The molecule has 0 saturated carbocycles. The van der Waals surface area contributed by atoms with Crippen molar-refractivity contribution in [1.82, 2.24) is 9.97 Å². The second-order valence-electron chi connectivity index (χ2n) is 5.99. The van der Waals surface area contributed by atoms with Gasteiger partial charge in [0.25, 0.3) is 11.5 Å². The number of H-pyrrole nitrogens is 1. The molecule has 0 radical (unpaired) electrons. The van der Waals surface area contributed by atoms with Gasteiger partial charge in [0.2, 0.25) is 0 Å². The van der Waals surface area contributed by atoms with Gasteiger partial charge in [-0.1, -0.05) is 19.1 Å². The number of carbonyl (C=O) groups is 1. The summed E-state index contributed by atoms with van der Waals surface area (Å²) in [5.74, 6) is 0.626. The number of ether oxygens (including phenoxy) is 1. The molecule has 3 rings (SSSR count). The van der Waals surface area contributed by atoms with Gasteiger partial charge in [-0.15, -0.1) is 0 Å². The Bertz CT molecular complexity index is 1080. The molecule has 7 heteroatoms. The predicted octanol–water partition coefficient (Wildman–Crippen LogP) is 2.89. The number of aryl methyl sites for hydroxylation is 1. The van der Waals surface area contributed by atoms with E-state index < -0.39 is 0 Å². The molecule has 1 aromatic heterocycles. The van der Waals surface area contributed by atoms with Gasteiger partial charge in [0.1, 0.15) is 11.6 Å². The van der Waals surface area contributed by atoms with Crippen LogP contribution in [0.2, 0.25) is 0 Å². The number of nitrogens with one attached hydrogen (secondary N) is 2. The number of carbonyl (C=O) groups excluding carboxylic acids is 1. The number of aromatic amines is 1. The Balaban J connectivity index is 1.67. The number of benzene rings is 2. The van der Waals surface area contributed by atoms with E-state index in [2.05, 4.69) is 15.3 Å². The van der Waals surface area contributed by atoms with Gasteiger partial charge in [-0.3, -0.25) is 9.59 Å². The minimum atomic E-state index is -0.328. The molecule has 1 heterocycles. The largest absolute Gasteiger partial charge is 0.484 e. The van der Waals surface area contributed by atoms with Crippen molar-refractivity contribution in [2.75, 3.05) is 11.9 Å². The molecule has 2 aromatic carbocycles. The van der Waals surface area contributed by atoms with Crippen molar-refractivity contribution in [1.29, 1.82) is 5.26 Å². The number of rotatable bonds is 6. The number of aromatic nitrogens is 2. The number of anilines is 1. The summed E-state index contributed by atoms with van der Waals surface area (Å²) in [5.41, 5.74) is 2.26. The molecule has 140 valence electrons. The summed E-state index contributed by atoms with van der Waals surface area (Å²) >= 11 is 0. The van der Waals surface area contributed by atoms with Crippen molar-refractivity contribution in [3.63, 3.8) is 0 Å². The van der Waals surface area contributed by atoms with Crippen LogP contribution < -0.4 is 15.6 Å². The summed E-state index contributed by atoms with van der Waals surface area (Å²) < 4.78 is 5.42. The third-order valence-electron chi connectivity index (χ3n) is 3.93. The summed E-state index contributed by atoms with van der Waals surface area (Å²) in [6.45, 7) is 1.76. The zero-order valence-corrected chi connectivity index (χ0v) is 15.2. The second kappa shape index (κ2) is 8.64. The fourth-order valence-corrected chi connectivity index (χ4v) is 2.54. The Morgan fingerprint density at radius 2 is 2.00 bits per heavy atom. The van der Waals surface area contributed by atoms with Crippen LogP contribution in [0, 0.1) is 11.3 Å². The van der Waals surface area contributed by atoms with Crippen molar-refractivity contribution in [2.45, 2.75) is 13.3 Å². The van der Waals surface area contributed by atoms with E-state index in [1.807, 2.05) is 13.0 Å². The van der Waals surface area contributed by atoms with E-state index in [1.54, 1.807) is 48.5 Å². The maximum atomic E-state index is 12.1. The molecule has 0 aliphatic rings. The monoisotopic (exact) mass is 374 g/mol. The molecule has 0 bridgehead atoms. The molecule has 0 unspecified atom stereocenters. The normalized spacial score (nSPS) is 10.1. The van der Waals surface area contributed by atoms with Gasteiger partial charge in [-0.05, 0) is 42.8 Å². The number of nitriles is 1. The molecular weight excluding hydrogens is 356 g/mol. The summed E-state index contributed by atoms with van der Waals surface area (Å²) in [7, 11) is 0. The third-order valence-corrected chi connectivity index (χ3v) is 3.93. The first-order valence-electron chi connectivity index (χ1n) is 8.71. The van der Waals surface area contributed by atoms with Crippen molar-refractivity contribution < 1.29 is 9.53 Å². The van der Waals surface area contributed by atoms with Gasteiger partial charge < -0.3 is 15.0 Å². The SMILES string of the molecule is CCc1cc(=O)[nH]c(-c2cccc(NC(=O)COc3ccc(C#N)cc3)c2)n1. The fourth-order valence-electron chi connectivity index (χ4n) is 2.54. The van der Waals surface area contributed by atoms with E-state index in [4.69, 9.17) is 10.00 Å². The summed E-state index contributed by atoms with van der Waals surface area (Å²) in [6.07, 6.45) is 0.653. The van der Waals surface area contributed by atoms with Crippen LogP contribution in [0.1, 0.15) is 18.2 Å². The van der Waals surface area contributed by atoms with Crippen LogP contribution in [0.4, 0.5) is 5.69 Å². The quantitative estimate of drug-likeness (QED) is 0.690. The molecule has 0 aliphatic carbocycles. The third kappa shape index (κ3) is 4.83. The number of hydrogen-bond acceptors (Lipinski definition) is 5. The maximum absolute atomic E-state index is 12.1.